The van der Waals surface area contributed by atoms with Gasteiger partial charge in [0.15, 0.2) is 0 Å². The Labute approximate surface area is 110 Å². The maximum Gasteiger partial charge on any atom is 0.345 e. The van der Waals surface area contributed by atoms with Crippen molar-refractivity contribution in [1.29, 1.82) is 0 Å². The van der Waals surface area contributed by atoms with Crippen LogP contribution in [0.2, 0.25) is 0 Å². The summed E-state index contributed by atoms with van der Waals surface area (Å²) in [5.74, 6) is -1.22. The molecular formula is C12H18N2O3S. The maximum atomic E-state index is 11.7. The molecule has 1 heterocycles. The van der Waals surface area contributed by atoms with E-state index in [2.05, 4.69) is 24.1 Å². The van der Waals surface area contributed by atoms with Crippen LogP contribution in [0.1, 0.15) is 33.2 Å². The third-order valence-corrected chi connectivity index (χ3v) is 3.74. The summed E-state index contributed by atoms with van der Waals surface area (Å²) in [5, 5.41) is 11.5. The first-order valence-corrected chi connectivity index (χ1v) is 6.55. The molecule has 5 nitrogen and oxygen atoms in total. The van der Waals surface area contributed by atoms with Crippen LogP contribution in [-0.2, 0) is 0 Å². The van der Waals surface area contributed by atoms with E-state index < -0.39 is 5.97 Å². The summed E-state index contributed by atoms with van der Waals surface area (Å²) in [6.45, 7) is 5.48. The topological polar surface area (TPSA) is 69.6 Å². The molecule has 0 unspecified atom stereocenters. The molecule has 1 aromatic rings. The molecule has 2 N–H and O–H groups in total. The number of nitrogens with zero attached hydrogens (tertiary/aromatic N) is 1. The Balaban J connectivity index is 2.43. The standard InChI is InChI=1S/C12H18N2O3S/c1-8(2)14(3)7-6-13-11(15)9-4-5-10(18-9)12(16)17/h4-5,8H,6-7H2,1-3H3,(H,13,15)(H,16,17). The van der Waals surface area contributed by atoms with Gasteiger partial charge < -0.3 is 15.3 Å². The lowest BCUT2D eigenvalue weighted by atomic mass is 10.3. The predicted octanol–water partition coefficient (Wildman–Crippen LogP) is 1.52. The van der Waals surface area contributed by atoms with Crippen LogP contribution in [0, 0.1) is 0 Å². The van der Waals surface area contributed by atoms with Gasteiger partial charge in [0, 0.05) is 19.1 Å². The van der Waals surface area contributed by atoms with Crippen molar-refractivity contribution in [2.24, 2.45) is 0 Å². The first-order chi connectivity index (χ1) is 8.41. The van der Waals surface area contributed by atoms with Crippen molar-refractivity contribution in [3.8, 4) is 0 Å². The normalized spacial score (nSPS) is 10.9. The lowest BCUT2D eigenvalue weighted by Gasteiger charge is -2.20. The minimum atomic E-state index is -1.00. The van der Waals surface area contributed by atoms with Gasteiger partial charge in [0.2, 0.25) is 0 Å². The number of aromatic carboxylic acids is 1. The highest BCUT2D eigenvalue weighted by atomic mass is 32.1. The minimum Gasteiger partial charge on any atom is -0.477 e. The molecule has 0 saturated heterocycles. The van der Waals surface area contributed by atoms with E-state index in [1.165, 1.54) is 12.1 Å². The van der Waals surface area contributed by atoms with E-state index in [9.17, 15) is 9.59 Å². The van der Waals surface area contributed by atoms with Gasteiger partial charge in [-0.1, -0.05) is 0 Å². The molecular weight excluding hydrogens is 252 g/mol. The van der Waals surface area contributed by atoms with E-state index in [-0.39, 0.29) is 10.8 Å². The van der Waals surface area contributed by atoms with Crippen LogP contribution in [0.3, 0.4) is 0 Å². The fourth-order valence-corrected chi connectivity index (χ4v) is 2.03. The second-order valence-corrected chi connectivity index (χ2v) is 5.38. The van der Waals surface area contributed by atoms with Gasteiger partial charge in [-0.3, -0.25) is 4.79 Å². The summed E-state index contributed by atoms with van der Waals surface area (Å²) in [6.07, 6.45) is 0. The summed E-state index contributed by atoms with van der Waals surface area (Å²) >= 11 is 0.989. The molecule has 1 amide bonds. The molecule has 1 rings (SSSR count). The number of amides is 1. The van der Waals surface area contributed by atoms with Gasteiger partial charge in [-0.2, -0.15) is 0 Å². The van der Waals surface area contributed by atoms with Crippen LogP contribution in [0.15, 0.2) is 12.1 Å². The number of rotatable bonds is 6. The summed E-state index contributed by atoms with van der Waals surface area (Å²) in [5.41, 5.74) is 0. The Bertz CT molecular complexity index is 429. The van der Waals surface area contributed by atoms with Crippen LogP contribution < -0.4 is 5.32 Å². The molecule has 1 aromatic heterocycles. The zero-order valence-electron chi connectivity index (χ0n) is 10.8. The van der Waals surface area contributed by atoms with Gasteiger partial charge in [0.05, 0.1) is 4.88 Å². The van der Waals surface area contributed by atoms with E-state index in [1.807, 2.05) is 7.05 Å². The number of carboxylic acids is 1. The SMILES string of the molecule is CC(C)N(C)CCNC(=O)c1ccc(C(=O)O)s1. The number of thiophene rings is 1. The number of hydrogen-bond donors (Lipinski definition) is 2. The van der Waals surface area contributed by atoms with E-state index in [4.69, 9.17) is 5.11 Å². The van der Waals surface area contributed by atoms with Gasteiger partial charge >= 0.3 is 5.97 Å². The Morgan fingerprint density at radius 2 is 2.00 bits per heavy atom. The van der Waals surface area contributed by atoms with Crippen LogP contribution in [0.4, 0.5) is 0 Å². The zero-order valence-corrected chi connectivity index (χ0v) is 11.6. The highest BCUT2D eigenvalue weighted by molar-refractivity contribution is 7.15. The number of carboxylic acid groups (broad SMARTS) is 1. The quantitative estimate of drug-likeness (QED) is 0.822. The first-order valence-electron chi connectivity index (χ1n) is 5.73. The molecule has 0 bridgehead atoms. The van der Waals surface area contributed by atoms with E-state index in [0.29, 0.717) is 17.5 Å². The Morgan fingerprint density at radius 1 is 1.39 bits per heavy atom. The first kappa shape index (κ1) is 14.7. The van der Waals surface area contributed by atoms with Crippen molar-refractivity contribution >= 4 is 23.2 Å². The molecule has 0 aromatic carbocycles. The molecule has 0 aliphatic carbocycles. The van der Waals surface area contributed by atoms with Crippen LogP contribution >= 0.6 is 11.3 Å². The zero-order chi connectivity index (χ0) is 13.7. The van der Waals surface area contributed by atoms with Crippen molar-refractivity contribution in [1.82, 2.24) is 10.2 Å². The van der Waals surface area contributed by atoms with Gasteiger partial charge in [-0.15, -0.1) is 11.3 Å². The summed E-state index contributed by atoms with van der Waals surface area (Å²) < 4.78 is 0. The summed E-state index contributed by atoms with van der Waals surface area (Å²) in [4.78, 5) is 25.1. The Hall–Kier alpha value is -1.40. The van der Waals surface area contributed by atoms with Crippen molar-refractivity contribution in [2.45, 2.75) is 19.9 Å². The van der Waals surface area contributed by atoms with Crippen LogP contribution in [0.5, 0.6) is 0 Å². The van der Waals surface area contributed by atoms with Crippen LogP contribution in [0.25, 0.3) is 0 Å². The summed E-state index contributed by atoms with van der Waals surface area (Å²) in [6, 6.07) is 3.42. The molecule has 100 valence electrons. The molecule has 0 fully saturated rings. The molecule has 0 aliphatic rings. The average molecular weight is 270 g/mol. The third kappa shape index (κ3) is 4.12. The number of hydrogen-bond acceptors (Lipinski definition) is 4. The average Bonchev–Trinajstić information content (AvgIpc) is 2.77. The third-order valence-electron chi connectivity index (χ3n) is 2.67. The van der Waals surface area contributed by atoms with Gasteiger partial charge in [0.25, 0.3) is 5.91 Å². The lowest BCUT2D eigenvalue weighted by Crippen LogP contribution is -2.35. The number of carbonyl (C=O) groups excluding carboxylic acids is 1. The maximum absolute atomic E-state index is 11.7. The van der Waals surface area contributed by atoms with Crippen molar-refractivity contribution in [3.05, 3.63) is 21.9 Å². The fraction of sp³-hybridized carbons (Fsp3) is 0.500. The highest BCUT2D eigenvalue weighted by Gasteiger charge is 2.12. The predicted molar refractivity (Wildman–Crippen MR) is 71.4 cm³/mol. The monoisotopic (exact) mass is 270 g/mol. The Kier molecular flexibility index (Phi) is 5.30. The smallest absolute Gasteiger partial charge is 0.345 e. The molecule has 6 heteroatoms. The minimum absolute atomic E-state index is 0.180. The molecule has 0 aliphatic heterocycles. The van der Waals surface area contributed by atoms with E-state index in [0.717, 1.165) is 17.9 Å². The van der Waals surface area contributed by atoms with Gasteiger partial charge in [-0.05, 0) is 33.0 Å². The van der Waals surface area contributed by atoms with E-state index >= 15 is 0 Å². The number of nitrogens with one attached hydrogen (secondary N) is 1. The van der Waals surface area contributed by atoms with Crippen molar-refractivity contribution < 1.29 is 14.7 Å². The fourth-order valence-electron chi connectivity index (χ4n) is 1.27. The van der Waals surface area contributed by atoms with Crippen molar-refractivity contribution in [2.75, 3.05) is 20.1 Å². The highest BCUT2D eigenvalue weighted by Crippen LogP contribution is 2.15. The van der Waals surface area contributed by atoms with Gasteiger partial charge in [-0.25, -0.2) is 4.79 Å². The second kappa shape index (κ2) is 6.51. The van der Waals surface area contributed by atoms with Gasteiger partial charge in [0.1, 0.15) is 4.88 Å². The van der Waals surface area contributed by atoms with Crippen LogP contribution in [-0.4, -0.2) is 48.1 Å². The molecule has 0 spiro atoms. The van der Waals surface area contributed by atoms with Crippen molar-refractivity contribution in [3.63, 3.8) is 0 Å². The lowest BCUT2D eigenvalue weighted by molar-refractivity contribution is 0.0702. The molecule has 0 atom stereocenters. The number of carbonyl (C=O) groups is 2. The largest absolute Gasteiger partial charge is 0.477 e. The second-order valence-electron chi connectivity index (χ2n) is 4.30. The molecule has 0 saturated carbocycles. The van der Waals surface area contributed by atoms with E-state index in [1.54, 1.807) is 0 Å². The molecule has 18 heavy (non-hydrogen) atoms. The number of likely N-dealkylation sites (N-methyl/N-ethyl adjacent to an activating group) is 1. The molecule has 0 radical (unpaired) electrons. The Morgan fingerprint density at radius 3 is 2.50 bits per heavy atom. The summed E-state index contributed by atoms with van der Waals surface area (Å²) in [7, 11) is 1.99.